The zero-order valence-corrected chi connectivity index (χ0v) is 19.5. The smallest absolute Gasteiger partial charge is 0.286 e. The number of amides is 1. The highest BCUT2D eigenvalue weighted by Gasteiger charge is 2.20. The predicted octanol–water partition coefficient (Wildman–Crippen LogP) is 3.31. The Morgan fingerprint density at radius 3 is 2.31 bits per heavy atom. The van der Waals surface area contributed by atoms with Gasteiger partial charge in [0.1, 0.15) is 11.5 Å². The van der Waals surface area contributed by atoms with Crippen LogP contribution in [0.5, 0.6) is 0 Å². The first-order chi connectivity index (χ1) is 17.1. The second-order valence-electron chi connectivity index (χ2n) is 7.68. The molecule has 0 fully saturated rings. The zero-order valence-electron chi connectivity index (χ0n) is 18.7. The number of hydrogen-bond acceptors (Lipinski definition) is 5. The fraction of sp³-hybridized carbons (Fsp3) is 0. The molecule has 1 amide bonds. The number of rotatable bonds is 7. The standard InChI is InChI=1S/C25H21FN6O3S/c26-22(23(32-14-4-13-30-32)17-5-3-6-18(15-17)24(27)28)25(33)31-19-11-9-16(10-12-19)20-7-1-2-8-21(20)36(29,34)35/h1-15H,(H3,27,28)(H,31,33)(H2,29,34,35)/b23-22-. The van der Waals surface area contributed by atoms with Crippen LogP contribution in [0.25, 0.3) is 16.8 Å². The number of halogens is 1. The summed E-state index contributed by atoms with van der Waals surface area (Å²) in [5.41, 5.74) is 7.32. The summed E-state index contributed by atoms with van der Waals surface area (Å²) in [5, 5.41) is 19.5. The van der Waals surface area contributed by atoms with Gasteiger partial charge in [-0.3, -0.25) is 10.2 Å². The van der Waals surface area contributed by atoms with E-state index in [1.165, 1.54) is 41.3 Å². The Morgan fingerprint density at radius 2 is 1.67 bits per heavy atom. The molecule has 0 radical (unpaired) electrons. The number of anilines is 1. The first kappa shape index (κ1) is 24.5. The number of aromatic nitrogens is 2. The van der Waals surface area contributed by atoms with E-state index in [1.807, 2.05) is 0 Å². The van der Waals surface area contributed by atoms with E-state index in [0.717, 1.165) is 0 Å². The third kappa shape index (κ3) is 5.22. The van der Waals surface area contributed by atoms with Gasteiger partial charge in [-0.05, 0) is 35.9 Å². The molecule has 0 bridgehead atoms. The molecule has 0 spiro atoms. The third-order valence-corrected chi connectivity index (χ3v) is 6.20. The highest BCUT2D eigenvalue weighted by Crippen LogP contribution is 2.28. The minimum atomic E-state index is -3.94. The van der Waals surface area contributed by atoms with E-state index in [2.05, 4.69) is 10.4 Å². The quantitative estimate of drug-likeness (QED) is 0.173. The molecule has 0 saturated carbocycles. The normalized spacial score (nSPS) is 12.1. The van der Waals surface area contributed by atoms with Gasteiger partial charge in [-0.2, -0.15) is 9.49 Å². The number of nitrogens with zero attached hydrogens (tertiary/aromatic N) is 2. The molecule has 9 nitrogen and oxygen atoms in total. The third-order valence-electron chi connectivity index (χ3n) is 5.24. The molecule has 1 aromatic heterocycles. The van der Waals surface area contributed by atoms with Crippen LogP contribution in [0.2, 0.25) is 0 Å². The minimum absolute atomic E-state index is 0.0348. The van der Waals surface area contributed by atoms with Crippen molar-refractivity contribution >= 4 is 33.2 Å². The molecule has 0 aliphatic carbocycles. The number of amidine groups is 1. The fourth-order valence-electron chi connectivity index (χ4n) is 3.57. The molecule has 0 aliphatic heterocycles. The topological polar surface area (TPSA) is 157 Å². The first-order valence-electron chi connectivity index (χ1n) is 10.5. The summed E-state index contributed by atoms with van der Waals surface area (Å²) in [6, 6.07) is 20.3. The lowest BCUT2D eigenvalue weighted by atomic mass is 10.1. The number of carbonyl (C=O) groups is 1. The van der Waals surface area contributed by atoms with Gasteiger partial charge >= 0.3 is 0 Å². The van der Waals surface area contributed by atoms with Crippen LogP contribution in [-0.2, 0) is 14.8 Å². The van der Waals surface area contributed by atoms with E-state index >= 15 is 4.39 Å². The molecule has 4 aromatic rings. The zero-order chi connectivity index (χ0) is 25.9. The van der Waals surface area contributed by atoms with Gasteiger partial charge in [-0.1, -0.05) is 48.5 Å². The maximum absolute atomic E-state index is 15.5. The van der Waals surface area contributed by atoms with Crippen LogP contribution < -0.4 is 16.2 Å². The number of carbonyl (C=O) groups excluding carboxylic acids is 1. The Balaban J connectivity index is 1.66. The molecule has 0 saturated heterocycles. The van der Waals surface area contributed by atoms with Crippen molar-refractivity contribution in [1.29, 1.82) is 5.41 Å². The Hall–Kier alpha value is -4.61. The number of nitrogens with two attached hydrogens (primary N) is 2. The van der Waals surface area contributed by atoms with Crippen molar-refractivity contribution < 1.29 is 17.6 Å². The average molecular weight is 505 g/mol. The summed E-state index contributed by atoms with van der Waals surface area (Å²) in [5.74, 6) is -2.33. The summed E-state index contributed by atoms with van der Waals surface area (Å²) in [7, 11) is -3.94. The summed E-state index contributed by atoms with van der Waals surface area (Å²) in [6.07, 6.45) is 2.93. The van der Waals surface area contributed by atoms with E-state index in [0.29, 0.717) is 22.3 Å². The Kier molecular flexibility index (Phi) is 6.77. The number of primary sulfonamides is 1. The second-order valence-corrected chi connectivity index (χ2v) is 9.21. The molecule has 6 N–H and O–H groups in total. The molecular formula is C25H21FN6O3S. The molecule has 36 heavy (non-hydrogen) atoms. The number of benzene rings is 3. The van der Waals surface area contributed by atoms with E-state index in [-0.39, 0.29) is 22.1 Å². The van der Waals surface area contributed by atoms with Crippen molar-refractivity contribution in [1.82, 2.24) is 9.78 Å². The van der Waals surface area contributed by atoms with Gasteiger partial charge in [-0.25, -0.2) is 18.2 Å². The van der Waals surface area contributed by atoms with Crippen LogP contribution >= 0.6 is 0 Å². The van der Waals surface area contributed by atoms with Crippen LogP contribution in [0.1, 0.15) is 11.1 Å². The number of nitrogens with one attached hydrogen (secondary N) is 2. The summed E-state index contributed by atoms with van der Waals surface area (Å²) in [4.78, 5) is 12.8. The largest absolute Gasteiger partial charge is 0.384 e. The predicted molar refractivity (Wildman–Crippen MR) is 135 cm³/mol. The van der Waals surface area contributed by atoms with Crippen molar-refractivity contribution in [3.63, 3.8) is 0 Å². The SMILES string of the molecule is N=C(N)c1cccc(/C(=C(/F)C(=O)Nc2ccc(-c3ccccc3S(N)(=O)=O)cc2)n2cccn2)c1. The lowest BCUT2D eigenvalue weighted by molar-refractivity contribution is -0.114. The second kappa shape index (κ2) is 9.94. The lowest BCUT2D eigenvalue weighted by Crippen LogP contribution is -2.17. The van der Waals surface area contributed by atoms with E-state index in [9.17, 15) is 13.2 Å². The molecule has 0 aliphatic rings. The highest BCUT2D eigenvalue weighted by atomic mass is 32.2. The van der Waals surface area contributed by atoms with Crippen LogP contribution in [0.4, 0.5) is 10.1 Å². The van der Waals surface area contributed by atoms with Crippen LogP contribution in [0, 0.1) is 5.41 Å². The van der Waals surface area contributed by atoms with Crippen molar-refractivity contribution in [3.8, 4) is 11.1 Å². The van der Waals surface area contributed by atoms with Gasteiger partial charge < -0.3 is 11.1 Å². The van der Waals surface area contributed by atoms with Crippen LogP contribution in [-0.4, -0.2) is 29.9 Å². The van der Waals surface area contributed by atoms with Crippen LogP contribution in [0.3, 0.4) is 0 Å². The maximum atomic E-state index is 15.5. The average Bonchev–Trinajstić information content (AvgIpc) is 3.38. The van der Waals surface area contributed by atoms with Crippen molar-refractivity contribution in [2.75, 3.05) is 5.32 Å². The summed E-state index contributed by atoms with van der Waals surface area (Å²) in [6.45, 7) is 0. The van der Waals surface area contributed by atoms with Gasteiger partial charge in [0, 0.05) is 34.8 Å². The lowest BCUT2D eigenvalue weighted by Gasteiger charge is -2.13. The van der Waals surface area contributed by atoms with Gasteiger partial charge in [0.2, 0.25) is 15.9 Å². The summed E-state index contributed by atoms with van der Waals surface area (Å²) >= 11 is 0. The minimum Gasteiger partial charge on any atom is -0.384 e. The molecular weight excluding hydrogens is 483 g/mol. The van der Waals surface area contributed by atoms with E-state index in [4.69, 9.17) is 16.3 Å². The first-order valence-corrected chi connectivity index (χ1v) is 12.1. The van der Waals surface area contributed by atoms with Crippen molar-refractivity contribution in [2.45, 2.75) is 4.90 Å². The molecule has 3 aromatic carbocycles. The number of nitrogen functional groups attached to an aromatic ring is 1. The molecule has 1 heterocycles. The number of sulfonamides is 1. The van der Waals surface area contributed by atoms with E-state index in [1.54, 1.807) is 54.6 Å². The summed E-state index contributed by atoms with van der Waals surface area (Å²) < 4.78 is 40.5. The Morgan fingerprint density at radius 1 is 0.972 bits per heavy atom. The monoisotopic (exact) mass is 504 g/mol. The van der Waals surface area contributed by atoms with Gasteiger partial charge in [-0.15, -0.1) is 0 Å². The molecule has 182 valence electrons. The molecule has 0 atom stereocenters. The van der Waals surface area contributed by atoms with Gasteiger partial charge in [0.25, 0.3) is 5.91 Å². The maximum Gasteiger partial charge on any atom is 0.286 e. The van der Waals surface area contributed by atoms with Crippen molar-refractivity contribution in [2.24, 2.45) is 10.9 Å². The van der Waals surface area contributed by atoms with Gasteiger partial charge in [0.15, 0.2) is 0 Å². The Bertz CT molecular complexity index is 1580. The number of hydrogen-bond donors (Lipinski definition) is 4. The molecule has 4 rings (SSSR count). The van der Waals surface area contributed by atoms with E-state index < -0.39 is 21.8 Å². The van der Waals surface area contributed by atoms with Gasteiger partial charge in [0.05, 0.1) is 4.90 Å². The molecule has 0 unspecified atom stereocenters. The Labute approximate surface area is 206 Å². The molecule has 11 heteroatoms. The van der Waals surface area contributed by atoms with Crippen LogP contribution in [0.15, 0.2) is 102 Å². The van der Waals surface area contributed by atoms with Crippen molar-refractivity contribution in [3.05, 3.63) is 108 Å². The fourth-order valence-corrected chi connectivity index (χ4v) is 4.34. The highest BCUT2D eigenvalue weighted by molar-refractivity contribution is 7.89.